The van der Waals surface area contributed by atoms with Gasteiger partial charge >= 0.3 is 0 Å². The number of benzene rings is 2. The third-order valence-electron chi connectivity index (χ3n) is 3.15. The fourth-order valence-electron chi connectivity index (χ4n) is 2.15. The molecule has 0 atom stereocenters. The van der Waals surface area contributed by atoms with E-state index < -0.39 is 0 Å². The molecule has 4 nitrogen and oxygen atoms in total. The molecule has 2 aromatic rings. The largest absolute Gasteiger partial charge is 0.486 e. The zero-order valence-corrected chi connectivity index (χ0v) is 12.4. The molecule has 5 heteroatoms. The first-order chi connectivity index (χ1) is 10.1. The molecule has 0 spiro atoms. The van der Waals surface area contributed by atoms with Crippen LogP contribution in [0.5, 0.6) is 11.5 Å². The second-order valence-corrected chi connectivity index (χ2v) is 5.86. The van der Waals surface area contributed by atoms with E-state index in [0.717, 1.165) is 21.3 Å². The van der Waals surface area contributed by atoms with Crippen molar-refractivity contribution in [3.05, 3.63) is 42.0 Å². The molecule has 1 aliphatic rings. The Morgan fingerprint density at radius 2 is 1.71 bits per heavy atom. The molecule has 0 saturated carbocycles. The molecule has 0 radical (unpaired) electrons. The maximum Gasteiger partial charge on any atom is 0.162 e. The lowest BCUT2D eigenvalue weighted by atomic mass is 10.1. The molecular formula is C16H15NO3S. The van der Waals surface area contributed by atoms with Gasteiger partial charge in [0.1, 0.15) is 13.2 Å². The molecule has 108 valence electrons. The third-order valence-corrected chi connectivity index (χ3v) is 4.13. The van der Waals surface area contributed by atoms with Gasteiger partial charge in [0.2, 0.25) is 0 Å². The van der Waals surface area contributed by atoms with Crippen molar-refractivity contribution in [2.75, 3.05) is 18.9 Å². The number of Topliss-reactive ketones (excluding diaryl/α,β-unsaturated/α-hetero) is 1. The molecule has 2 N–H and O–H groups in total. The minimum atomic E-state index is -0.0246. The van der Waals surface area contributed by atoms with E-state index in [9.17, 15) is 4.79 Å². The van der Waals surface area contributed by atoms with Gasteiger partial charge in [0.15, 0.2) is 17.3 Å². The van der Waals surface area contributed by atoms with E-state index in [1.807, 2.05) is 30.3 Å². The lowest BCUT2D eigenvalue weighted by Gasteiger charge is -2.18. The molecule has 0 amide bonds. The Labute approximate surface area is 127 Å². The third kappa shape index (κ3) is 2.97. The minimum absolute atomic E-state index is 0.0246. The minimum Gasteiger partial charge on any atom is -0.486 e. The zero-order valence-electron chi connectivity index (χ0n) is 11.6. The Morgan fingerprint density at radius 3 is 2.43 bits per heavy atom. The van der Waals surface area contributed by atoms with Gasteiger partial charge < -0.3 is 15.2 Å². The van der Waals surface area contributed by atoms with Gasteiger partial charge in [-0.15, -0.1) is 0 Å². The Hall–Kier alpha value is -2.14. The standard InChI is InChI=1S/C16H15NO3S/c1-10(18)13-4-2-11(8-14(13)17)21-12-3-5-15-16(9-12)20-7-6-19-15/h2-5,8-9H,6-7,17H2,1H3. The predicted octanol–water partition coefficient (Wildman–Crippen LogP) is 3.39. The van der Waals surface area contributed by atoms with E-state index in [2.05, 4.69) is 0 Å². The molecule has 21 heavy (non-hydrogen) atoms. The van der Waals surface area contributed by atoms with Crippen molar-refractivity contribution in [1.29, 1.82) is 0 Å². The zero-order chi connectivity index (χ0) is 14.8. The summed E-state index contributed by atoms with van der Waals surface area (Å²) in [6.45, 7) is 2.67. The monoisotopic (exact) mass is 301 g/mol. The summed E-state index contributed by atoms with van der Waals surface area (Å²) >= 11 is 1.57. The molecule has 2 aromatic carbocycles. The second kappa shape index (κ2) is 5.69. The first-order valence-electron chi connectivity index (χ1n) is 6.61. The summed E-state index contributed by atoms with van der Waals surface area (Å²) in [6, 6.07) is 11.3. The molecule has 1 aliphatic heterocycles. The number of ether oxygens (including phenoxy) is 2. The SMILES string of the molecule is CC(=O)c1ccc(Sc2ccc3c(c2)OCCO3)cc1N. The molecule has 3 rings (SSSR count). The summed E-state index contributed by atoms with van der Waals surface area (Å²) in [4.78, 5) is 13.4. The number of carbonyl (C=O) groups is 1. The van der Waals surface area contributed by atoms with Gasteiger partial charge in [-0.3, -0.25) is 4.79 Å². The van der Waals surface area contributed by atoms with E-state index in [-0.39, 0.29) is 5.78 Å². The van der Waals surface area contributed by atoms with Crippen LogP contribution in [0.25, 0.3) is 0 Å². The van der Waals surface area contributed by atoms with Crippen molar-refractivity contribution in [3.8, 4) is 11.5 Å². The quantitative estimate of drug-likeness (QED) is 0.695. The smallest absolute Gasteiger partial charge is 0.162 e. The maximum absolute atomic E-state index is 11.4. The number of rotatable bonds is 3. The van der Waals surface area contributed by atoms with Gasteiger partial charge in [0.25, 0.3) is 0 Å². The van der Waals surface area contributed by atoms with Crippen LogP contribution in [0.4, 0.5) is 5.69 Å². The highest BCUT2D eigenvalue weighted by Gasteiger charge is 2.12. The van der Waals surface area contributed by atoms with Crippen LogP contribution in [-0.4, -0.2) is 19.0 Å². The van der Waals surface area contributed by atoms with Crippen molar-refractivity contribution in [1.82, 2.24) is 0 Å². The Bertz CT molecular complexity index is 700. The van der Waals surface area contributed by atoms with Gasteiger partial charge in [-0.2, -0.15) is 0 Å². The normalized spacial score (nSPS) is 13.0. The molecule has 0 unspecified atom stereocenters. The summed E-state index contributed by atoms with van der Waals surface area (Å²) < 4.78 is 11.1. The van der Waals surface area contributed by atoms with Crippen LogP contribution < -0.4 is 15.2 Å². The number of ketones is 1. The first-order valence-corrected chi connectivity index (χ1v) is 7.43. The highest BCUT2D eigenvalue weighted by Crippen LogP contribution is 2.37. The number of nitrogen functional groups attached to an aromatic ring is 1. The topological polar surface area (TPSA) is 61.5 Å². The summed E-state index contributed by atoms with van der Waals surface area (Å²) in [7, 11) is 0. The highest BCUT2D eigenvalue weighted by molar-refractivity contribution is 7.99. The van der Waals surface area contributed by atoms with E-state index in [4.69, 9.17) is 15.2 Å². The first kappa shape index (κ1) is 13.8. The number of nitrogens with two attached hydrogens (primary N) is 1. The van der Waals surface area contributed by atoms with Crippen LogP contribution in [0.3, 0.4) is 0 Å². The molecule has 0 aliphatic carbocycles. The van der Waals surface area contributed by atoms with Gasteiger partial charge in [-0.25, -0.2) is 0 Å². The summed E-state index contributed by atoms with van der Waals surface area (Å²) in [6.07, 6.45) is 0. The molecule has 1 heterocycles. The van der Waals surface area contributed by atoms with E-state index in [1.54, 1.807) is 17.8 Å². The van der Waals surface area contributed by atoms with E-state index in [0.29, 0.717) is 24.5 Å². The van der Waals surface area contributed by atoms with Crippen LogP contribution >= 0.6 is 11.8 Å². The van der Waals surface area contributed by atoms with Gasteiger partial charge in [-0.1, -0.05) is 11.8 Å². The number of anilines is 1. The Balaban J connectivity index is 1.83. The van der Waals surface area contributed by atoms with Crippen LogP contribution in [0, 0.1) is 0 Å². The maximum atomic E-state index is 11.4. The fraction of sp³-hybridized carbons (Fsp3) is 0.188. The fourth-order valence-corrected chi connectivity index (χ4v) is 3.04. The second-order valence-electron chi connectivity index (χ2n) is 4.71. The molecule has 0 saturated heterocycles. The Morgan fingerprint density at radius 1 is 1.05 bits per heavy atom. The van der Waals surface area contributed by atoms with Crippen molar-refractivity contribution in [3.63, 3.8) is 0 Å². The summed E-state index contributed by atoms with van der Waals surface area (Å²) in [5.74, 6) is 1.51. The van der Waals surface area contributed by atoms with Gasteiger partial charge in [0, 0.05) is 21.0 Å². The average molecular weight is 301 g/mol. The molecule has 0 bridgehead atoms. The summed E-state index contributed by atoms with van der Waals surface area (Å²) in [5, 5.41) is 0. The van der Waals surface area contributed by atoms with Crippen LogP contribution in [0.1, 0.15) is 17.3 Å². The number of hydrogen-bond acceptors (Lipinski definition) is 5. The van der Waals surface area contributed by atoms with Crippen molar-refractivity contribution >= 4 is 23.2 Å². The van der Waals surface area contributed by atoms with E-state index in [1.165, 1.54) is 6.92 Å². The predicted molar refractivity (Wildman–Crippen MR) is 82.4 cm³/mol. The highest BCUT2D eigenvalue weighted by atomic mass is 32.2. The van der Waals surface area contributed by atoms with Crippen LogP contribution in [0.15, 0.2) is 46.2 Å². The molecular weight excluding hydrogens is 286 g/mol. The van der Waals surface area contributed by atoms with Gasteiger partial charge in [0.05, 0.1) is 0 Å². The number of fused-ring (bicyclic) bond motifs is 1. The number of carbonyl (C=O) groups excluding carboxylic acids is 1. The van der Waals surface area contributed by atoms with Crippen LogP contribution in [0.2, 0.25) is 0 Å². The van der Waals surface area contributed by atoms with E-state index >= 15 is 0 Å². The van der Waals surface area contributed by atoms with Gasteiger partial charge in [-0.05, 0) is 43.3 Å². The van der Waals surface area contributed by atoms with Crippen LogP contribution in [-0.2, 0) is 0 Å². The average Bonchev–Trinajstić information content (AvgIpc) is 2.47. The molecule has 0 aromatic heterocycles. The lowest BCUT2D eigenvalue weighted by molar-refractivity contribution is 0.101. The van der Waals surface area contributed by atoms with Crippen molar-refractivity contribution < 1.29 is 14.3 Å². The van der Waals surface area contributed by atoms with Crippen molar-refractivity contribution in [2.24, 2.45) is 0 Å². The van der Waals surface area contributed by atoms with Crippen molar-refractivity contribution in [2.45, 2.75) is 16.7 Å². The molecule has 0 fully saturated rings. The number of hydrogen-bond donors (Lipinski definition) is 1. The summed E-state index contributed by atoms with van der Waals surface area (Å²) in [5.41, 5.74) is 6.97. The lowest BCUT2D eigenvalue weighted by Crippen LogP contribution is -2.15. The Kier molecular flexibility index (Phi) is 3.75.